The van der Waals surface area contributed by atoms with E-state index in [1.807, 2.05) is 0 Å². The quantitative estimate of drug-likeness (QED) is 0.154. The van der Waals surface area contributed by atoms with Gasteiger partial charge in [-0.05, 0) is 162 Å². The van der Waals surface area contributed by atoms with Crippen molar-refractivity contribution < 1.29 is 0 Å². The van der Waals surface area contributed by atoms with Gasteiger partial charge >= 0.3 is 0 Å². The third-order valence-electron chi connectivity index (χ3n) is 17.1. The number of para-hydroxylation sites is 3. The van der Waals surface area contributed by atoms with Crippen LogP contribution in [0.15, 0.2) is 182 Å². The van der Waals surface area contributed by atoms with Gasteiger partial charge in [-0.15, -0.1) is 0 Å². The highest BCUT2D eigenvalue weighted by Crippen LogP contribution is 2.52. The van der Waals surface area contributed by atoms with Gasteiger partial charge in [0.05, 0.1) is 0 Å². The molecule has 0 saturated heterocycles. The van der Waals surface area contributed by atoms with Gasteiger partial charge in [-0.1, -0.05) is 209 Å². The first-order chi connectivity index (χ1) is 35.8. The third-order valence-corrected chi connectivity index (χ3v) is 17.1. The summed E-state index contributed by atoms with van der Waals surface area (Å²) in [5.74, 6) is 0. The van der Waals surface area contributed by atoms with E-state index in [4.69, 9.17) is 0 Å². The van der Waals surface area contributed by atoms with Crippen LogP contribution >= 0.6 is 0 Å². The second-order valence-corrected chi connectivity index (χ2v) is 26.1. The summed E-state index contributed by atoms with van der Waals surface area (Å²) in [6.45, 7) is 28.5. The predicted molar refractivity (Wildman–Crippen MR) is 326 cm³/mol. The highest BCUT2D eigenvalue weighted by atomic mass is 15.2. The topological polar surface area (TPSA) is 9.72 Å². The molecule has 0 atom stereocenters. The number of rotatable bonds is 6. The van der Waals surface area contributed by atoms with Gasteiger partial charge < -0.3 is 14.7 Å². The summed E-state index contributed by atoms with van der Waals surface area (Å²) >= 11 is 0. The molecule has 4 aliphatic heterocycles. The average Bonchev–Trinajstić information content (AvgIpc) is 4.06. The fourth-order valence-electron chi connectivity index (χ4n) is 13.1. The van der Waals surface area contributed by atoms with Crippen molar-refractivity contribution in [3.63, 3.8) is 0 Å². The molecule has 8 aromatic rings. The Morgan fingerprint density at radius 3 is 1.20 bits per heavy atom. The van der Waals surface area contributed by atoms with Gasteiger partial charge in [0.1, 0.15) is 0 Å². The summed E-state index contributed by atoms with van der Waals surface area (Å²) in [4.78, 5) is 8.04. The Balaban J connectivity index is 1.28. The van der Waals surface area contributed by atoms with Gasteiger partial charge in [-0.3, -0.25) is 0 Å². The van der Waals surface area contributed by atoms with Crippen LogP contribution in [0.25, 0.3) is 22.3 Å². The highest BCUT2D eigenvalue weighted by molar-refractivity contribution is 7.06. The molecule has 75 heavy (non-hydrogen) atoms. The van der Waals surface area contributed by atoms with Crippen LogP contribution in [0.4, 0.5) is 45.5 Å². The fraction of sp³-hybridized carbons (Fsp3) is 0.257. The number of fused-ring (bicyclic) bond motifs is 10. The van der Waals surface area contributed by atoms with E-state index in [0.29, 0.717) is 0 Å². The lowest BCUT2D eigenvalue weighted by molar-refractivity contribution is 0.589. The molecule has 0 spiro atoms. The van der Waals surface area contributed by atoms with Crippen molar-refractivity contribution in [2.24, 2.45) is 0 Å². The van der Waals surface area contributed by atoms with Crippen molar-refractivity contribution >= 4 is 91.7 Å². The Labute approximate surface area is 447 Å². The smallest absolute Gasteiger partial charge is 0.250 e. The van der Waals surface area contributed by atoms with Crippen LogP contribution in [0.3, 0.4) is 0 Å². The van der Waals surface area contributed by atoms with Crippen LogP contribution in [-0.2, 0) is 21.7 Å². The van der Waals surface area contributed by atoms with Gasteiger partial charge in [0.2, 0.25) is 0 Å². The van der Waals surface area contributed by atoms with Gasteiger partial charge in [0.25, 0.3) is 13.4 Å². The van der Waals surface area contributed by atoms with Crippen LogP contribution in [0.2, 0.25) is 0 Å². The zero-order valence-electron chi connectivity index (χ0n) is 46.2. The molecule has 0 amide bonds. The van der Waals surface area contributed by atoms with Crippen molar-refractivity contribution in [3.8, 4) is 22.3 Å². The lowest BCUT2D eigenvalue weighted by atomic mass is 9.31. The first kappa shape index (κ1) is 47.5. The maximum absolute atomic E-state index is 2.81. The van der Waals surface area contributed by atoms with Gasteiger partial charge in [-0.2, -0.15) is 0 Å². The van der Waals surface area contributed by atoms with Crippen LogP contribution in [-0.4, -0.2) is 13.4 Å². The average molecular weight is 974 g/mol. The molecule has 4 heterocycles. The first-order valence-electron chi connectivity index (χ1n) is 27.6. The Hall–Kier alpha value is -7.23. The van der Waals surface area contributed by atoms with E-state index in [-0.39, 0.29) is 35.1 Å². The zero-order chi connectivity index (χ0) is 52.1. The Morgan fingerprint density at radius 1 is 0.400 bits per heavy atom. The number of benzene rings is 8. The molecule has 370 valence electrons. The van der Waals surface area contributed by atoms with Crippen molar-refractivity contribution in [2.45, 2.75) is 118 Å². The molecule has 8 aromatic carbocycles. The standard InChI is InChI=1S/C70H69B2N3/c1-67(2,3)44-33-35-56-52(37-44)54-39-46(69(7,8)9)41-58-62(54)71(56)64-60(73(48-25-17-13-18-26-48)49-27-19-14-20-28-49)43-61(74(50-29-21-15-22-30-50)51-31-23-16-24-32-51)65-66(64)75(58)59-42-47(70(10,11)12)40-55-53-38-45(68(4,5)6)34-36-57(53)72(65)63(55)59/h13-23,25-31,33-43H,24,32H2,1-12H3. The molecule has 0 N–H and O–H groups in total. The summed E-state index contributed by atoms with van der Waals surface area (Å²) in [7, 11) is 0. The monoisotopic (exact) mass is 974 g/mol. The maximum Gasteiger partial charge on any atom is 0.250 e. The van der Waals surface area contributed by atoms with Crippen molar-refractivity contribution in [3.05, 3.63) is 204 Å². The fourth-order valence-corrected chi connectivity index (χ4v) is 13.1. The van der Waals surface area contributed by atoms with E-state index in [1.54, 1.807) is 0 Å². The molecule has 3 nitrogen and oxygen atoms in total. The van der Waals surface area contributed by atoms with E-state index in [9.17, 15) is 0 Å². The third kappa shape index (κ3) is 7.38. The van der Waals surface area contributed by atoms with E-state index in [0.717, 1.165) is 24.2 Å². The normalized spacial score (nSPS) is 14.8. The minimum atomic E-state index is -0.114. The maximum atomic E-state index is 2.81. The lowest BCUT2D eigenvalue weighted by Gasteiger charge is -2.47. The van der Waals surface area contributed by atoms with Crippen LogP contribution in [0, 0.1) is 0 Å². The zero-order valence-corrected chi connectivity index (χ0v) is 46.2. The molecule has 5 aliphatic rings. The number of hydrogen-bond donors (Lipinski definition) is 0. The van der Waals surface area contributed by atoms with E-state index >= 15 is 0 Å². The molecule has 0 aromatic heterocycles. The second kappa shape index (κ2) is 16.6. The number of hydrogen-bond acceptors (Lipinski definition) is 3. The predicted octanol–water partition coefficient (Wildman–Crippen LogP) is 14.8. The second-order valence-electron chi connectivity index (χ2n) is 26.1. The minimum absolute atomic E-state index is 0.0232. The van der Waals surface area contributed by atoms with E-state index < -0.39 is 0 Å². The van der Waals surface area contributed by atoms with Crippen molar-refractivity contribution in [2.75, 3.05) is 14.7 Å². The summed E-state index contributed by atoms with van der Waals surface area (Å²) in [6, 6.07) is 61.5. The Kier molecular flexibility index (Phi) is 10.5. The van der Waals surface area contributed by atoms with E-state index in [2.05, 4.69) is 274 Å². The molecular formula is C70H69B2N3. The van der Waals surface area contributed by atoms with E-state index in [1.165, 1.54) is 117 Å². The molecule has 13 rings (SSSR count). The minimum Gasteiger partial charge on any atom is -0.315 e. The van der Waals surface area contributed by atoms with Crippen LogP contribution in [0.5, 0.6) is 0 Å². The summed E-state index contributed by atoms with van der Waals surface area (Å²) in [5.41, 5.74) is 30.1. The summed E-state index contributed by atoms with van der Waals surface area (Å²) in [5, 5.41) is 0. The molecule has 0 saturated carbocycles. The number of allylic oxidation sites excluding steroid dienone is 4. The highest BCUT2D eigenvalue weighted by Gasteiger charge is 2.53. The van der Waals surface area contributed by atoms with Gasteiger partial charge in [-0.25, -0.2) is 0 Å². The van der Waals surface area contributed by atoms with Crippen molar-refractivity contribution in [1.82, 2.24) is 0 Å². The summed E-state index contributed by atoms with van der Waals surface area (Å²) < 4.78 is 0. The molecule has 5 heteroatoms. The first-order valence-corrected chi connectivity index (χ1v) is 27.6. The number of anilines is 8. The van der Waals surface area contributed by atoms with Gasteiger partial charge in [0.15, 0.2) is 0 Å². The lowest BCUT2D eigenvalue weighted by Crippen LogP contribution is -2.64. The van der Waals surface area contributed by atoms with Crippen LogP contribution in [0.1, 0.15) is 118 Å². The Morgan fingerprint density at radius 2 is 0.800 bits per heavy atom. The molecule has 0 fully saturated rings. The van der Waals surface area contributed by atoms with Gasteiger partial charge in [0, 0.05) is 51.2 Å². The molecule has 1 aliphatic carbocycles. The van der Waals surface area contributed by atoms with Crippen LogP contribution < -0.4 is 47.5 Å². The number of nitrogens with zero attached hydrogens (tertiary/aromatic N) is 3. The molecular weight excluding hydrogens is 904 g/mol. The molecule has 0 unspecified atom stereocenters. The molecule has 0 radical (unpaired) electrons. The SMILES string of the molecule is CC(C)(C)c1ccc2c(c1)-c1cc(C(C)(C)C)cc3c1B2c1c(N(C2=CC=CCC2)c2ccccc2)cc(N(c2ccccc2)c2ccccc2)c2c1N3c1cc(C(C)(C)C)cc3c1B2c1ccc(C(C)(C)C)cc1-3. The Bertz CT molecular complexity index is 3640. The van der Waals surface area contributed by atoms with Crippen molar-refractivity contribution in [1.29, 1.82) is 0 Å². The molecule has 0 bridgehead atoms. The summed E-state index contributed by atoms with van der Waals surface area (Å²) in [6.07, 6.45) is 8.89. The largest absolute Gasteiger partial charge is 0.315 e.